The molecule has 2 aliphatic heterocycles. The van der Waals surface area contributed by atoms with Gasteiger partial charge in [-0.05, 0) is 57.8 Å². The maximum Gasteiger partial charge on any atom is 0.344 e. The zero-order valence-corrected chi connectivity index (χ0v) is 15.6. The monoisotopic (exact) mass is 367 g/mol. The van der Waals surface area contributed by atoms with Crippen LogP contribution in [0, 0.1) is 5.92 Å². The van der Waals surface area contributed by atoms with Crippen LogP contribution in [0.2, 0.25) is 0 Å². The average molecular weight is 367 g/mol. The van der Waals surface area contributed by atoms with Crippen LogP contribution in [0.1, 0.15) is 58.8 Å². The average Bonchev–Trinajstić information content (AvgIpc) is 2.87. The third-order valence-corrected chi connectivity index (χ3v) is 5.69. The predicted molar refractivity (Wildman–Crippen MR) is 92.9 cm³/mol. The fourth-order valence-corrected chi connectivity index (χ4v) is 3.78. The van der Waals surface area contributed by atoms with E-state index in [4.69, 9.17) is 9.47 Å². The van der Waals surface area contributed by atoms with Crippen LogP contribution < -0.4 is 10.7 Å². The van der Waals surface area contributed by atoms with E-state index in [1.54, 1.807) is 6.92 Å². The highest BCUT2D eigenvalue weighted by atomic mass is 16.5. The number of imide groups is 1. The molecule has 8 nitrogen and oxygen atoms in total. The van der Waals surface area contributed by atoms with Crippen molar-refractivity contribution in [1.82, 2.24) is 15.8 Å². The minimum atomic E-state index is -0.864. The zero-order valence-electron chi connectivity index (χ0n) is 15.6. The summed E-state index contributed by atoms with van der Waals surface area (Å²) in [5.41, 5.74) is 1.55. The second-order valence-electron chi connectivity index (χ2n) is 7.78. The largest absolute Gasteiger partial charge is 0.376 e. The molecule has 2 atom stereocenters. The molecule has 3 aliphatic rings. The van der Waals surface area contributed by atoms with Crippen molar-refractivity contribution in [3.05, 3.63) is 0 Å². The number of rotatable bonds is 5. The molecule has 3 fully saturated rings. The van der Waals surface area contributed by atoms with Gasteiger partial charge < -0.3 is 14.8 Å². The number of ether oxygens (including phenoxy) is 2. The number of carbonyl (C=O) groups excluding carboxylic acids is 3. The van der Waals surface area contributed by atoms with E-state index in [-0.39, 0.29) is 12.0 Å². The normalized spacial score (nSPS) is 33.2. The van der Waals surface area contributed by atoms with Crippen molar-refractivity contribution in [2.24, 2.45) is 5.92 Å². The lowest BCUT2D eigenvalue weighted by atomic mass is 9.77. The third-order valence-electron chi connectivity index (χ3n) is 5.69. The van der Waals surface area contributed by atoms with E-state index < -0.39 is 23.6 Å². The minimum absolute atomic E-state index is 0.00298. The van der Waals surface area contributed by atoms with Gasteiger partial charge in [0.05, 0.1) is 12.7 Å². The van der Waals surface area contributed by atoms with Crippen molar-refractivity contribution in [3.8, 4) is 0 Å². The predicted octanol–water partition coefficient (Wildman–Crippen LogP) is 1.49. The Bertz CT molecular complexity index is 553. The summed E-state index contributed by atoms with van der Waals surface area (Å²) in [4.78, 5) is 37.3. The number of amides is 4. The van der Waals surface area contributed by atoms with E-state index in [2.05, 4.69) is 17.7 Å². The molecule has 2 saturated heterocycles. The molecule has 146 valence electrons. The van der Waals surface area contributed by atoms with Crippen molar-refractivity contribution in [2.75, 3.05) is 13.2 Å². The first kappa shape index (κ1) is 19.1. The molecular formula is C18H29N3O5. The Labute approximate surface area is 153 Å². The molecule has 26 heavy (non-hydrogen) atoms. The van der Waals surface area contributed by atoms with Crippen LogP contribution in [0.5, 0.6) is 0 Å². The molecule has 0 radical (unpaired) electrons. The van der Waals surface area contributed by atoms with E-state index in [1.165, 1.54) is 0 Å². The van der Waals surface area contributed by atoms with Crippen LogP contribution in [-0.4, -0.2) is 53.8 Å². The molecular weight excluding hydrogens is 338 g/mol. The van der Waals surface area contributed by atoms with E-state index >= 15 is 0 Å². The molecule has 0 bridgehead atoms. The van der Waals surface area contributed by atoms with Crippen LogP contribution in [0.15, 0.2) is 0 Å². The lowest BCUT2D eigenvalue weighted by Gasteiger charge is -2.33. The van der Waals surface area contributed by atoms with Crippen LogP contribution in [0.4, 0.5) is 4.79 Å². The van der Waals surface area contributed by atoms with E-state index in [0.717, 1.165) is 43.7 Å². The highest BCUT2D eigenvalue weighted by Crippen LogP contribution is 2.35. The second-order valence-corrected chi connectivity index (χ2v) is 7.78. The number of hydrogen-bond donors (Lipinski definition) is 2. The molecule has 2 N–H and O–H groups in total. The van der Waals surface area contributed by atoms with E-state index in [1.807, 2.05) is 0 Å². The lowest BCUT2D eigenvalue weighted by molar-refractivity contribution is -0.146. The van der Waals surface area contributed by atoms with Gasteiger partial charge in [-0.3, -0.25) is 15.0 Å². The first-order valence-electron chi connectivity index (χ1n) is 9.62. The van der Waals surface area contributed by atoms with Gasteiger partial charge >= 0.3 is 6.03 Å². The summed E-state index contributed by atoms with van der Waals surface area (Å²) in [5.74, 6) is -0.333. The Morgan fingerprint density at radius 1 is 1.35 bits per heavy atom. The van der Waals surface area contributed by atoms with Gasteiger partial charge in [-0.2, -0.15) is 5.01 Å². The lowest BCUT2D eigenvalue weighted by Crippen LogP contribution is -2.53. The topological polar surface area (TPSA) is 97.0 Å². The van der Waals surface area contributed by atoms with Gasteiger partial charge in [0.15, 0.2) is 0 Å². The minimum Gasteiger partial charge on any atom is -0.376 e. The first-order valence-corrected chi connectivity index (χ1v) is 9.62. The zero-order chi connectivity index (χ0) is 18.7. The van der Waals surface area contributed by atoms with Gasteiger partial charge in [-0.1, -0.05) is 6.92 Å². The summed E-state index contributed by atoms with van der Waals surface area (Å²) >= 11 is 0. The third kappa shape index (κ3) is 4.01. The Hall–Kier alpha value is -1.67. The summed E-state index contributed by atoms with van der Waals surface area (Å²) in [6.07, 6.45) is 5.28. The molecule has 0 aromatic carbocycles. The fraction of sp³-hybridized carbons (Fsp3) is 0.833. The summed E-state index contributed by atoms with van der Waals surface area (Å²) in [7, 11) is 0. The van der Waals surface area contributed by atoms with Crippen molar-refractivity contribution in [3.63, 3.8) is 0 Å². The molecule has 0 aromatic rings. The van der Waals surface area contributed by atoms with Crippen molar-refractivity contribution < 1.29 is 23.9 Å². The Kier molecular flexibility index (Phi) is 5.82. The summed E-state index contributed by atoms with van der Waals surface area (Å²) in [6.45, 7) is 4.80. The van der Waals surface area contributed by atoms with Gasteiger partial charge in [0.2, 0.25) is 0 Å². The molecule has 1 saturated carbocycles. The van der Waals surface area contributed by atoms with Gasteiger partial charge in [0, 0.05) is 6.61 Å². The molecule has 2 unspecified atom stereocenters. The Morgan fingerprint density at radius 2 is 2.08 bits per heavy atom. The SMILES string of the molecule is CC1CCC2(CC1)NC(=O)N(NC(=O)C(C)OCC1CCCCO1)C2=O. The van der Waals surface area contributed by atoms with E-state index in [0.29, 0.717) is 25.4 Å². The van der Waals surface area contributed by atoms with E-state index in [9.17, 15) is 14.4 Å². The number of carbonyl (C=O) groups is 3. The van der Waals surface area contributed by atoms with Crippen LogP contribution >= 0.6 is 0 Å². The quantitative estimate of drug-likeness (QED) is 0.718. The molecule has 8 heteroatoms. The van der Waals surface area contributed by atoms with Crippen molar-refractivity contribution in [1.29, 1.82) is 0 Å². The Morgan fingerprint density at radius 3 is 2.73 bits per heavy atom. The maximum atomic E-state index is 12.7. The smallest absolute Gasteiger partial charge is 0.344 e. The molecule has 4 amide bonds. The Balaban J connectivity index is 1.51. The first-order chi connectivity index (χ1) is 12.4. The molecule has 0 aromatic heterocycles. The molecule has 1 aliphatic carbocycles. The van der Waals surface area contributed by atoms with Gasteiger partial charge in [0.25, 0.3) is 11.8 Å². The fourth-order valence-electron chi connectivity index (χ4n) is 3.78. The number of nitrogens with one attached hydrogen (secondary N) is 2. The highest BCUT2D eigenvalue weighted by molar-refractivity contribution is 6.08. The number of urea groups is 1. The summed E-state index contributed by atoms with van der Waals surface area (Å²) in [5, 5.41) is 3.59. The summed E-state index contributed by atoms with van der Waals surface area (Å²) < 4.78 is 11.1. The van der Waals surface area contributed by atoms with Crippen molar-refractivity contribution in [2.45, 2.75) is 76.5 Å². The highest BCUT2D eigenvalue weighted by Gasteiger charge is 2.53. The number of hydrogen-bond acceptors (Lipinski definition) is 5. The van der Waals surface area contributed by atoms with Gasteiger partial charge in [-0.15, -0.1) is 0 Å². The van der Waals surface area contributed by atoms with Crippen LogP contribution in [0.25, 0.3) is 0 Å². The van der Waals surface area contributed by atoms with Crippen LogP contribution in [0.3, 0.4) is 0 Å². The molecule has 1 spiro atoms. The summed E-state index contributed by atoms with van der Waals surface area (Å²) in [6, 6.07) is -0.569. The van der Waals surface area contributed by atoms with Gasteiger partial charge in [0.1, 0.15) is 11.6 Å². The second kappa shape index (κ2) is 7.92. The molecule has 2 heterocycles. The number of hydrazine groups is 1. The van der Waals surface area contributed by atoms with Crippen LogP contribution in [-0.2, 0) is 19.1 Å². The van der Waals surface area contributed by atoms with Gasteiger partial charge in [-0.25, -0.2) is 4.79 Å². The standard InChI is InChI=1S/C18H29N3O5/c1-12-6-8-18(9-7-12)16(23)21(17(24)19-18)20-15(22)13(2)26-11-14-5-3-4-10-25-14/h12-14H,3-11H2,1-2H3,(H,19,24)(H,20,22). The van der Waals surface area contributed by atoms with Crippen molar-refractivity contribution >= 4 is 17.8 Å². The number of nitrogens with zero attached hydrogens (tertiary/aromatic N) is 1. The molecule has 3 rings (SSSR count). The maximum absolute atomic E-state index is 12.7.